The van der Waals surface area contributed by atoms with Gasteiger partial charge in [0.1, 0.15) is 0 Å². The van der Waals surface area contributed by atoms with E-state index in [1.54, 1.807) is 11.8 Å². The molecule has 124 valence electrons. The van der Waals surface area contributed by atoms with E-state index >= 15 is 0 Å². The molecule has 3 aromatic rings. The highest BCUT2D eigenvalue weighted by molar-refractivity contribution is 7.99. The molecule has 1 aromatic heterocycles. The lowest BCUT2D eigenvalue weighted by Gasteiger charge is -2.10. The van der Waals surface area contributed by atoms with Gasteiger partial charge in [-0.3, -0.25) is 0 Å². The molecule has 0 unspecified atom stereocenters. The third kappa shape index (κ3) is 2.94. The number of para-hydroxylation sites is 1. The maximum absolute atomic E-state index is 10.00. The van der Waals surface area contributed by atoms with Gasteiger partial charge >= 0.3 is 7.12 Å². The third-order valence-electron chi connectivity index (χ3n) is 4.28. The average molecular weight is 369 g/mol. The quantitative estimate of drug-likeness (QED) is 0.435. The van der Waals surface area contributed by atoms with Crippen LogP contribution >= 0.6 is 23.4 Å². The number of nitrogens with zero attached hydrogens (tertiary/aromatic N) is 2. The minimum Gasteiger partial charge on any atom is -0.423 e. The van der Waals surface area contributed by atoms with Gasteiger partial charge in [-0.1, -0.05) is 29.8 Å². The average Bonchev–Trinajstić information content (AvgIpc) is 3.16. The molecule has 0 saturated heterocycles. The Morgan fingerprint density at radius 3 is 3.04 bits per heavy atom. The molecule has 0 amide bonds. The Morgan fingerprint density at radius 2 is 2.20 bits per heavy atom. The van der Waals surface area contributed by atoms with Crippen LogP contribution in [0.15, 0.2) is 47.5 Å². The highest BCUT2D eigenvalue weighted by Crippen LogP contribution is 2.34. The summed E-state index contributed by atoms with van der Waals surface area (Å²) in [6.07, 6.45) is 2.55. The first-order valence-corrected chi connectivity index (χ1v) is 9.27. The van der Waals surface area contributed by atoms with Gasteiger partial charge in [0.15, 0.2) is 0 Å². The zero-order valence-electron chi connectivity index (χ0n) is 13.3. The van der Waals surface area contributed by atoms with Crippen LogP contribution in [0.3, 0.4) is 0 Å². The Kier molecular flexibility index (Phi) is 4.49. The van der Waals surface area contributed by atoms with Gasteiger partial charge in [0, 0.05) is 28.7 Å². The highest BCUT2D eigenvalue weighted by Gasteiger charge is 2.29. The molecular formula is C18H14BClN2O2S. The first kappa shape index (κ1) is 16.6. The van der Waals surface area contributed by atoms with E-state index in [0.717, 1.165) is 38.3 Å². The SMILES string of the molecule is N#CCCSc1cn(-c2cc3c(cc2Cl)COB3O)c2ccccc12. The van der Waals surface area contributed by atoms with Gasteiger partial charge < -0.3 is 14.2 Å². The first-order valence-electron chi connectivity index (χ1n) is 7.91. The largest absolute Gasteiger partial charge is 0.491 e. The van der Waals surface area contributed by atoms with Gasteiger partial charge in [-0.05, 0) is 29.2 Å². The lowest BCUT2D eigenvalue weighted by atomic mass is 9.79. The summed E-state index contributed by atoms with van der Waals surface area (Å²) in [5, 5.41) is 20.5. The number of hydrogen-bond acceptors (Lipinski definition) is 4. The summed E-state index contributed by atoms with van der Waals surface area (Å²) in [6, 6.07) is 14.0. The summed E-state index contributed by atoms with van der Waals surface area (Å²) in [5.74, 6) is 0.745. The van der Waals surface area contributed by atoms with Crippen molar-refractivity contribution in [1.82, 2.24) is 4.57 Å². The van der Waals surface area contributed by atoms with Crippen molar-refractivity contribution in [2.45, 2.75) is 17.9 Å². The second-order valence-corrected chi connectivity index (χ2v) is 7.35. The van der Waals surface area contributed by atoms with Crippen LogP contribution in [0.2, 0.25) is 5.02 Å². The van der Waals surface area contributed by atoms with Crippen LogP contribution in [0.25, 0.3) is 16.6 Å². The molecule has 0 radical (unpaired) electrons. The van der Waals surface area contributed by atoms with Gasteiger partial charge in [-0.2, -0.15) is 5.26 Å². The summed E-state index contributed by atoms with van der Waals surface area (Å²) >= 11 is 8.18. The fourth-order valence-corrected chi connectivity index (χ4v) is 4.29. The van der Waals surface area contributed by atoms with E-state index in [4.69, 9.17) is 21.5 Å². The summed E-state index contributed by atoms with van der Waals surface area (Å²) < 4.78 is 7.32. The van der Waals surface area contributed by atoms with Crippen LogP contribution < -0.4 is 5.46 Å². The molecule has 0 saturated carbocycles. The van der Waals surface area contributed by atoms with E-state index in [1.807, 2.05) is 41.1 Å². The fraction of sp³-hybridized carbons (Fsp3) is 0.167. The maximum atomic E-state index is 10.00. The van der Waals surface area contributed by atoms with Crippen LogP contribution in [0.4, 0.5) is 0 Å². The monoisotopic (exact) mass is 368 g/mol. The van der Waals surface area contributed by atoms with Gasteiger partial charge in [0.05, 0.1) is 28.9 Å². The van der Waals surface area contributed by atoms with E-state index in [0.29, 0.717) is 18.1 Å². The molecule has 4 nitrogen and oxygen atoms in total. The molecule has 4 rings (SSSR count). The summed E-state index contributed by atoms with van der Waals surface area (Å²) in [5.41, 5.74) is 3.53. The lowest BCUT2D eigenvalue weighted by molar-refractivity contribution is 0.275. The van der Waals surface area contributed by atoms with Crippen molar-refractivity contribution in [1.29, 1.82) is 5.26 Å². The maximum Gasteiger partial charge on any atom is 0.491 e. The number of rotatable bonds is 4. The van der Waals surface area contributed by atoms with Crippen LogP contribution in [-0.4, -0.2) is 22.5 Å². The minimum atomic E-state index is -0.905. The zero-order valence-corrected chi connectivity index (χ0v) is 14.8. The molecule has 0 bridgehead atoms. The van der Waals surface area contributed by atoms with Crippen LogP contribution in [0.5, 0.6) is 0 Å². The van der Waals surface area contributed by atoms with Gasteiger partial charge in [0.2, 0.25) is 0 Å². The molecule has 0 spiro atoms. The van der Waals surface area contributed by atoms with E-state index in [1.165, 1.54) is 0 Å². The molecule has 0 aliphatic carbocycles. The van der Waals surface area contributed by atoms with Crippen molar-refractivity contribution in [2.75, 3.05) is 5.75 Å². The number of thioether (sulfide) groups is 1. The normalized spacial score (nSPS) is 13.2. The van der Waals surface area contributed by atoms with Gasteiger partial charge in [0.25, 0.3) is 0 Å². The van der Waals surface area contributed by atoms with Crippen molar-refractivity contribution >= 4 is 46.8 Å². The molecule has 25 heavy (non-hydrogen) atoms. The molecule has 0 atom stereocenters. The Hall–Kier alpha value is -1.91. The van der Waals surface area contributed by atoms with E-state index in [-0.39, 0.29) is 0 Å². The number of nitriles is 1. The molecule has 0 fully saturated rings. The van der Waals surface area contributed by atoms with Crippen LogP contribution in [0, 0.1) is 11.3 Å². The van der Waals surface area contributed by atoms with E-state index < -0.39 is 7.12 Å². The minimum absolute atomic E-state index is 0.373. The number of hydrogen-bond donors (Lipinski definition) is 1. The molecule has 1 N–H and O–H groups in total. The van der Waals surface area contributed by atoms with Crippen LogP contribution in [0.1, 0.15) is 12.0 Å². The zero-order chi connectivity index (χ0) is 17.4. The van der Waals surface area contributed by atoms with Crippen molar-refractivity contribution in [3.05, 3.63) is 53.2 Å². The second kappa shape index (κ2) is 6.78. The third-order valence-corrected chi connectivity index (χ3v) is 5.63. The number of benzene rings is 2. The van der Waals surface area contributed by atoms with Gasteiger partial charge in [-0.15, -0.1) is 11.8 Å². The second-order valence-electron chi connectivity index (χ2n) is 5.80. The summed E-state index contributed by atoms with van der Waals surface area (Å²) in [4.78, 5) is 1.11. The van der Waals surface area contributed by atoms with Crippen molar-refractivity contribution in [3.63, 3.8) is 0 Å². The lowest BCUT2D eigenvalue weighted by Crippen LogP contribution is -2.28. The van der Waals surface area contributed by atoms with Crippen LogP contribution in [-0.2, 0) is 11.3 Å². The summed E-state index contributed by atoms with van der Waals surface area (Å²) in [7, 11) is -0.905. The molecule has 2 aromatic carbocycles. The molecule has 1 aliphatic heterocycles. The smallest absolute Gasteiger partial charge is 0.423 e. The van der Waals surface area contributed by atoms with Crippen molar-refractivity contribution in [3.8, 4) is 11.8 Å². The van der Waals surface area contributed by atoms with Crippen molar-refractivity contribution in [2.24, 2.45) is 0 Å². The fourth-order valence-electron chi connectivity index (χ4n) is 3.09. The predicted octanol–water partition coefficient (Wildman–Crippen LogP) is 3.51. The van der Waals surface area contributed by atoms with E-state index in [2.05, 4.69) is 12.1 Å². The summed E-state index contributed by atoms with van der Waals surface area (Å²) in [6.45, 7) is 0.373. The molecule has 2 heterocycles. The van der Waals surface area contributed by atoms with Crippen molar-refractivity contribution < 1.29 is 9.68 Å². The van der Waals surface area contributed by atoms with E-state index in [9.17, 15) is 5.02 Å². The highest BCUT2D eigenvalue weighted by atomic mass is 35.5. The number of fused-ring (bicyclic) bond motifs is 2. The molecule has 1 aliphatic rings. The number of aromatic nitrogens is 1. The Balaban J connectivity index is 1.85. The Labute approximate surface area is 155 Å². The Bertz CT molecular complexity index is 999. The Morgan fingerprint density at radius 1 is 1.36 bits per heavy atom. The standard InChI is InChI=1S/C18H14BClN2O2S/c20-15-8-12-11-24-19(23)14(12)9-17(15)22-10-18(25-7-3-6-21)13-4-1-2-5-16(13)22/h1-2,4-5,8-10,23H,3,7,11H2. The topological polar surface area (TPSA) is 58.2 Å². The number of halogens is 1. The predicted molar refractivity (Wildman–Crippen MR) is 102 cm³/mol. The molecule has 7 heteroatoms. The van der Waals surface area contributed by atoms with Gasteiger partial charge in [-0.25, -0.2) is 0 Å². The molecular weight excluding hydrogens is 355 g/mol. The first-order chi connectivity index (χ1) is 12.2.